The fraction of sp³-hybridized carbons (Fsp3) is 0.474. The maximum absolute atomic E-state index is 5.36. The minimum absolute atomic E-state index is 0.643. The second-order valence-electron chi connectivity index (χ2n) is 6.17. The van der Waals surface area contributed by atoms with Gasteiger partial charge >= 0.3 is 0 Å². The SMILES string of the molecule is COc1cccc(CCNc2nccc(NCCN3CCOCC3)n2)c1. The fourth-order valence-corrected chi connectivity index (χ4v) is 2.86. The Balaban J connectivity index is 1.41. The van der Waals surface area contributed by atoms with Gasteiger partial charge in [0.15, 0.2) is 0 Å². The topological polar surface area (TPSA) is 71.5 Å². The van der Waals surface area contributed by atoms with Gasteiger partial charge in [-0.25, -0.2) is 4.98 Å². The number of benzene rings is 1. The van der Waals surface area contributed by atoms with Gasteiger partial charge < -0.3 is 20.1 Å². The molecule has 0 radical (unpaired) electrons. The molecule has 1 aromatic heterocycles. The van der Waals surface area contributed by atoms with Crippen LogP contribution >= 0.6 is 0 Å². The van der Waals surface area contributed by atoms with Gasteiger partial charge in [0, 0.05) is 38.9 Å². The lowest BCUT2D eigenvalue weighted by atomic mass is 10.1. The van der Waals surface area contributed by atoms with E-state index in [1.807, 2.05) is 24.3 Å². The normalized spacial score (nSPS) is 14.8. The van der Waals surface area contributed by atoms with Gasteiger partial charge in [-0.3, -0.25) is 4.90 Å². The summed E-state index contributed by atoms with van der Waals surface area (Å²) in [6.07, 6.45) is 2.66. The van der Waals surface area contributed by atoms with Crippen LogP contribution in [0.5, 0.6) is 5.75 Å². The number of ether oxygens (including phenoxy) is 2. The van der Waals surface area contributed by atoms with Crippen molar-refractivity contribution in [3.8, 4) is 5.75 Å². The van der Waals surface area contributed by atoms with E-state index in [9.17, 15) is 0 Å². The summed E-state index contributed by atoms with van der Waals surface area (Å²) >= 11 is 0. The first-order chi connectivity index (χ1) is 12.8. The van der Waals surface area contributed by atoms with Crippen LogP contribution in [0, 0.1) is 0 Å². The lowest BCUT2D eigenvalue weighted by Crippen LogP contribution is -2.39. The van der Waals surface area contributed by atoms with E-state index < -0.39 is 0 Å². The van der Waals surface area contributed by atoms with Crippen LogP contribution in [0.25, 0.3) is 0 Å². The second kappa shape index (κ2) is 9.94. The van der Waals surface area contributed by atoms with E-state index in [1.165, 1.54) is 5.56 Å². The summed E-state index contributed by atoms with van der Waals surface area (Å²) in [5, 5.41) is 6.65. The quantitative estimate of drug-likeness (QED) is 0.710. The largest absolute Gasteiger partial charge is 0.497 e. The molecule has 1 aliphatic rings. The number of hydrogen-bond donors (Lipinski definition) is 2. The Bertz CT molecular complexity index is 676. The minimum Gasteiger partial charge on any atom is -0.497 e. The smallest absolute Gasteiger partial charge is 0.224 e. The first-order valence-corrected chi connectivity index (χ1v) is 9.07. The molecular weight excluding hydrogens is 330 g/mol. The lowest BCUT2D eigenvalue weighted by molar-refractivity contribution is 0.0398. The molecule has 0 amide bonds. The minimum atomic E-state index is 0.643. The van der Waals surface area contributed by atoms with E-state index in [1.54, 1.807) is 13.3 Å². The molecule has 0 aliphatic carbocycles. The third kappa shape index (κ3) is 5.86. The molecule has 0 saturated carbocycles. The molecule has 2 N–H and O–H groups in total. The fourth-order valence-electron chi connectivity index (χ4n) is 2.86. The zero-order valence-corrected chi connectivity index (χ0v) is 15.3. The molecule has 0 unspecified atom stereocenters. The first-order valence-electron chi connectivity index (χ1n) is 9.07. The molecule has 1 fully saturated rings. The number of hydrogen-bond acceptors (Lipinski definition) is 7. The van der Waals surface area contributed by atoms with Gasteiger partial charge in [-0.2, -0.15) is 4.98 Å². The van der Waals surface area contributed by atoms with Crippen LogP contribution in [0.1, 0.15) is 5.56 Å². The lowest BCUT2D eigenvalue weighted by Gasteiger charge is -2.26. The summed E-state index contributed by atoms with van der Waals surface area (Å²) < 4.78 is 10.6. The Morgan fingerprint density at radius 2 is 2.04 bits per heavy atom. The van der Waals surface area contributed by atoms with Crippen LogP contribution in [0.15, 0.2) is 36.5 Å². The molecule has 26 heavy (non-hydrogen) atoms. The summed E-state index contributed by atoms with van der Waals surface area (Å²) in [5.41, 5.74) is 1.22. The summed E-state index contributed by atoms with van der Waals surface area (Å²) in [4.78, 5) is 11.2. The monoisotopic (exact) mass is 357 g/mol. The van der Waals surface area contributed by atoms with Gasteiger partial charge in [-0.1, -0.05) is 12.1 Å². The Labute approximate surface area is 154 Å². The van der Waals surface area contributed by atoms with E-state index >= 15 is 0 Å². The van der Waals surface area contributed by atoms with E-state index in [-0.39, 0.29) is 0 Å². The highest BCUT2D eigenvalue weighted by Gasteiger charge is 2.09. The summed E-state index contributed by atoms with van der Waals surface area (Å²) in [5.74, 6) is 2.37. The van der Waals surface area contributed by atoms with Crippen LogP contribution in [-0.4, -0.2) is 67.9 Å². The van der Waals surface area contributed by atoms with E-state index in [0.717, 1.165) is 63.9 Å². The highest BCUT2D eigenvalue weighted by Crippen LogP contribution is 2.13. The van der Waals surface area contributed by atoms with Crippen molar-refractivity contribution < 1.29 is 9.47 Å². The van der Waals surface area contributed by atoms with Crippen LogP contribution < -0.4 is 15.4 Å². The van der Waals surface area contributed by atoms with Gasteiger partial charge in [0.2, 0.25) is 5.95 Å². The molecule has 1 saturated heterocycles. The molecule has 140 valence electrons. The van der Waals surface area contributed by atoms with Crippen molar-refractivity contribution >= 4 is 11.8 Å². The predicted molar refractivity (Wildman–Crippen MR) is 103 cm³/mol. The third-order valence-corrected chi connectivity index (χ3v) is 4.32. The number of nitrogens with one attached hydrogen (secondary N) is 2. The number of morpholine rings is 1. The molecule has 7 heteroatoms. The van der Waals surface area contributed by atoms with Crippen molar-refractivity contribution in [1.82, 2.24) is 14.9 Å². The van der Waals surface area contributed by atoms with Crippen molar-refractivity contribution in [2.45, 2.75) is 6.42 Å². The van der Waals surface area contributed by atoms with Gasteiger partial charge in [0.25, 0.3) is 0 Å². The average molecular weight is 357 g/mol. The maximum Gasteiger partial charge on any atom is 0.224 e. The number of methoxy groups -OCH3 is 1. The van der Waals surface area contributed by atoms with Crippen molar-refractivity contribution in [3.05, 3.63) is 42.1 Å². The molecule has 1 aromatic carbocycles. The Hall–Kier alpha value is -2.38. The summed E-state index contributed by atoms with van der Waals surface area (Å²) in [7, 11) is 1.68. The number of anilines is 2. The highest BCUT2D eigenvalue weighted by atomic mass is 16.5. The third-order valence-electron chi connectivity index (χ3n) is 4.32. The Morgan fingerprint density at radius 3 is 2.88 bits per heavy atom. The van der Waals surface area contributed by atoms with Crippen LogP contribution in [0.2, 0.25) is 0 Å². The van der Waals surface area contributed by atoms with Crippen LogP contribution in [0.4, 0.5) is 11.8 Å². The first kappa shape index (κ1) is 18.4. The summed E-state index contributed by atoms with van der Waals surface area (Å²) in [6, 6.07) is 9.99. The number of aromatic nitrogens is 2. The molecule has 3 rings (SSSR count). The molecule has 1 aliphatic heterocycles. The Morgan fingerprint density at radius 1 is 1.15 bits per heavy atom. The highest BCUT2D eigenvalue weighted by molar-refractivity contribution is 5.39. The second-order valence-corrected chi connectivity index (χ2v) is 6.17. The molecule has 0 spiro atoms. The zero-order chi connectivity index (χ0) is 18.0. The van der Waals surface area contributed by atoms with Gasteiger partial charge in [0.1, 0.15) is 11.6 Å². The molecule has 2 heterocycles. The molecule has 7 nitrogen and oxygen atoms in total. The van der Waals surface area contributed by atoms with Crippen molar-refractivity contribution in [1.29, 1.82) is 0 Å². The number of nitrogens with zero attached hydrogens (tertiary/aromatic N) is 3. The van der Waals surface area contributed by atoms with Crippen LogP contribution in [-0.2, 0) is 11.2 Å². The van der Waals surface area contributed by atoms with Gasteiger partial charge in [-0.15, -0.1) is 0 Å². The molecule has 0 bridgehead atoms. The zero-order valence-electron chi connectivity index (χ0n) is 15.3. The standard InChI is InChI=1S/C19H27N5O2/c1-25-17-4-2-3-16(15-17)5-7-21-19-22-8-6-18(23-19)20-9-10-24-11-13-26-14-12-24/h2-4,6,8,15H,5,7,9-14H2,1H3,(H2,20,21,22,23). The van der Waals surface area contributed by atoms with Gasteiger partial charge in [0.05, 0.1) is 20.3 Å². The van der Waals surface area contributed by atoms with E-state index in [0.29, 0.717) is 5.95 Å². The van der Waals surface area contributed by atoms with E-state index in [4.69, 9.17) is 9.47 Å². The molecule has 2 aromatic rings. The van der Waals surface area contributed by atoms with E-state index in [2.05, 4.69) is 31.6 Å². The number of rotatable bonds is 9. The molecule has 0 atom stereocenters. The Kier molecular flexibility index (Phi) is 7.04. The maximum atomic E-state index is 5.36. The van der Waals surface area contributed by atoms with Crippen LogP contribution in [0.3, 0.4) is 0 Å². The average Bonchev–Trinajstić information content (AvgIpc) is 2.69. The van der Waals surface area contributed by atoms with Gasteiger partial charge in [-0.05, 0) is 30.2 Å². The molecular formula is C19H27N5O2. The predicted octanol–water partition coefficient (Wildman–Crippen LogP) is 1.88. The summed E-state index contributed by atoms with van der Waals surface area (Å²) in [6.45, 7) is 6.28. The van der Waals surface area contributed by atoms with Crippen molar-refractivity contribution in [2.24, 2.45) is 0 Å². The van der Waals surface area contributed by atoms with Crippen molar-refractivity contribution in [2.75, 3.05) is 63.7 Å². The van der Waals surface area contributed by atoms with Crippen molar-refractivity contribution in [3.63, 3.8) is 0 Å².